The minimum Gasteiger partial charge on any atom is -0.301 e. The molecule has 0 bridgehead atoms. The molecule has 0 radical (unpaired) electrons. The second kappa shape index (κ2) is 9.25. The molecule has 0 spiro atoms. The van der Waals surface area contributed by atoms with Crippen molar-refractivity contribution < 1.29 is 13.2 Å². The highest BCUT2D eigenvalue weighted by molar-refractivity contribution is 6.31. The molecule has 35 heavy (non-hydrogen) atoms. The Morgan fingerprint density at radius 1 is 1.14 bits per heavy atom. The standard InChI is InChI=1S/C27H29ClF3N3O/c1-16(2)33-12-4-5-17(14-33)15-34-25(18-8-9-18)32-23-7-3-6-20(24(23)26(34)35)19-10-11-21(22(28)13-19)27(29,30)31/h3,6-7,10-11,13,16-18H,4-5,8-9,12,14-15H2,1-2H3/t17-/m0/s1. The van der Waals surface area contributed by atoms with Crippen LogP contribution < -0.4 is 5.56 Å². The average Bonchev–Trinajstić information content (AvgIpc) is 3.65. The summed E-state index contributed by atoms with van der Waals surface area (Å²) in [5, 5.41) is 0.0510. The molecule has 8 heteroatoms. The number of likely N-dealkylation sites (tertiary alicyclic amines) is 1. The number of hydrogen-bond donors (Lipinski definition) is 0. The summed E-state index contributed by atoms with van der Waals surface area (Å²) < 4.78 is 41.5. The quantitative estimate of drug-likeness (QED) is 0.387. The van der Waals surface area contributed by atoms with E-state index in [0.717, 1.165) is 50.7 Å². The van der Waals surface area contributed by atoms with Crippen LogP contribution in [-0.4, -0.2) is 33.6 Å². The third-order valence-corrected chi connectivity index (χ3v) is 7.58. The van der Waals surface area contributed by atoms with Gasteiger partial charge >= 0.3 is 6.18 Å². The fourth-order valence-corrected chi connectivity index (χ4v) is 5.52. The van der Waals surface area contributed by atoms with Crippen LogP contribution in [0.4, 0.5) is 13.2 Å². The predicted octanol–water partition coefficient (Wildman–Crippen LogP) is 6.73. The normalized spacial score (nSPS) is 19.6. The number of nitrogens with zero attached hydrogens (tertiary/aromatic N) is 3. The van der Waals surface area contributed by atoms with Crippen molar-refractivity contribution in [3.8, 4) is 11.1 Å². The third kappa shape index (κ3) is 4.85. The Kier molecular flexibility index (Phi) is 6.43. The Bertz CT molecular complexity index is 1310. The number of alkyl halides is 3. The lowest BCUT2D eigenvalue weighted by atomic mass is 9.96. The molecule has 1 aromatic heterocycles. The van der Waals surface area contributed by atoms with Gasteiger partial charge in [0.05, 0.1) is 21.5 Å². The zero-order chi connectivity index (χ0) is 24.9. The smallest absolute Gasteiger partial charge is 0.301 e. The molecule has 1 aliphatic carbocycles. The van der Waals surface area contributed by atoms with Crippen molar-refractivity contribution in [3.05, 3.63) is 63.2 Å². The molecule has 1 atom stereocenters. The number of rotatable bonds is 5. The van der Waals surface area contributed by atoms with Gasteiger partial charge in [0.15, 0.2) is 0 Å². The van der Waals surface area contributed by atoms with Crippen molar-refractivity contribution in [2.24, 2.45) is 5.92 Å². The summed E-state index contributed by atoms with van der Waals surface area (Å²) in [4.78, 5) is 21.4. The second-order valence-electron chi connectivity index (χ2n) is 10.1. The first kappa shape index (κ1) is 24.3. The molecule has 4 nitrogen and oxygen atoms in total. The number of fused-ring (bicyclic) bond motifs is 1. The highest BCUT2D eigenvalue weighted by atomic mass is 35.5. The minimum atomic E-state index is -4.54. The highest BCUT2D eigenvalue weighted by Crippen LogP contribution is 2.41. The van der Waals surface area contributed by atoms with Crippen molar-refractivity contribution in [1.29, 1.82) is 0 Å². The van der Waals surface area contributed by atoms with Gasteiger partial charge in [0, 0.05) is 25.0 Å². The molecule has 0 unspecified atom stereocenters. The Morgan fingerprint density at radius 3 is 2.57 bits per heavy atom. The summed E-state index contributed by atoms with van der Waals surface area (Å²) in [6, 6.07) is 9.46. The zero-order valence-corrected chi connectivity index (χ0v) is 20.7. The number of benzene rings is 2. The van der Waals surface area contributed by atoms with Gasteiger partial charge in [-0.15, -0.1) is 0 Å². The largest absolute Gasteiger partial charge is 0.417 e. The molecule has 1 aliphatic heterocycles. The van der Waals surface area contributed by atoms with Crippen molar-refractivity contribution in [1.82, 2.24) is 14.5 Å². The number of hydrogen-bond acceptors (Lipinski definition) is 3. The molecule has 0 N–H and O–H groups in total. The van der Waals surface area contributed by atoms with Crippen molar-refractivity contribution in [2.45, 2.75) is 64.2 Å². The first-order chi connectivity index (χ1) is 16.6. The minimum absolute atomic E-state index is 0.120. The van der Waals surface area contributed by atoms with Crippen LogP contribution in [0.15, 0.2) is 41.2 Å². The molecule has 2 fully saturated rings. The summed E-state index contributed by atoms with van der Waals surface area (Å²) in [6.07, 6.45) is -0.323. The van der Waals surface area contributed by atoms with Gasteiger partial charge < -0.3 is 4.90 Å². The van der Waals surface area contributed by atoms with Crippen LogP contribution in [0, 0.1) is 5.92 Å². The lowest BCUT2D eigenvalue weighted by molar-refractivity contribution is -0.137. The molecule has 0 amide bonds. The van der Waals surface area contributed by atoms with Gasteiger partial charge in [-0.2, -0.15) is 13.2 Å². The lowest BCUT2D eigenvalue weighted by Gasteiger charge is -2.36. The topological polar surface area (TPSA) is 38.1 Å². The van der Waals surface area contributed by atoms with Crippen LogP contribution in [0.5, 0.6) is 0 Å². The maximum absolute atomic E-state index is 14.0. The van der Waals surface area contributed by atoms with Gasteiger partial charge in [0.2, 0.25) is 0 Å². The van der Waals surface area contributed by atoms with Crippen molar-refractivity contribution in [2.75, 3.05) is 13.1 Å². The summed E-state index contributed by atoms with van der Waals surface area (Å²) in [6.45, 7) is 7.03. The van der Waals surface area contributed by atoms with E-state index in [0.29, 0.717) is 46.5 Å². The van der Waals surface area contributed by atoms with Gasteiger partial charge in [-0.05, 0) is 81.3 Å². The SMILES string of the molecule is CC(C)N1CCC[C@H](Cn2c(C3CC3)nc3cccc(-c4ccc(C(F)(F)F)c(Cl)c4)c3c2=O)C1. The molecule has 2 aliphatic rings. The Morgan fingerprint density at radius 2 is 1.91 bits per heavy atom. The fourth-order valence-electron chi connectivity index (χ4n) is 5.24. The van der Waals surface area contributed by atoms with Crippen LogP contribution >= 0.6 is 11.6 Å². The first-order valence-electron chi connectivity index (χ1n) is 12.3. The van der Waals surface area contributed by atoms with E-state index in [2.05, 4.69) is 18.7 Å². The molecule has 1 saturated carbocycles. The summed E-state index contributed by atoms with van der Waals surface area (Å²) in [5.41, 5.74) is 0.599. The Hall–Kier alpha value is -2.38. The van der Waals surface area contributed by atoms with Crippen molar-refractivity contribution >= 4 is 22.5 Å². The van der Waals surface area contributed by atoms with Crippen molar-refractivity contribution in [3.63, 3.8) is 0 Å². The van der Waals surface area contributed by atoms with E-state index in [-0.39, 0.29) is 10.6 Å². The van der Waals surface area contributed by atoms with Crippen LogP contribution in [-0.2, 0) is 12.7 Å². The number of piperidine rings is 1. The summed E-state index contributed by atoms with van der Waals surface area (Å²) in [7, 11) is 0. The van der Waals surface area contributed by atoms with Crippen LogP contribution in [0.25, 0.3) is 22.0 Å². The van der Waals surface area contributed by atoms with Gasteiger partial charge in [-0.1, -0.05) is 29.8 Å². The predicted molar refractivity (Wildman–Crippen MR) is 133 cm³/mol. The molecular formula is C27H29ClF3N3O. The van der Waals surface area contributed by atoms with E-state index in [9.17, 15) is 18.0 Å². The van der Waals surface area contributed by atoms with Gasteiger partial charge in [-0.25, -0.2) is 4.98 Å². The maximum atomic E-state index is 14.0. The number of halogens is 4. The van der Waals surface area contributed by atoms with Gasteiger partial charge in [0.1, 0.15) is 5.82 Å². The maximum Gasteiger partial charge on any atom is 0.417 e. The van der Waals surface area contributed by atoms with E-state index in [1.807, 2.05) is 10.6 Å². The Labute approximate surface area is 207 Å². The Balaban J connectivity index is 1.61. The molecule has 2 heterocycles. The van der Waals surface area contributed by atoms with Crippen LogP contribution in [0.3, 0.4) is 0 Å². The molecule has 2 aromatic carbocycles. The monoisotopic (exact) mass is 503 g/mol. The van der Waals surface area contributed by atoms with E-state index < -0.39 is 11.7 Å². The van der Waals surface area contributed by atoms with E-state index in [1.165, 1.54) is 12.1 Å². The van der Waals surface area contributed by atoms with Gasteiger partial charge in [-0.3, -0.25) is 9.36 Å². The molecule has 186 valence electrons. The van der Waals surface area contributed by atoms with Crippen LogP contribution in [0.1, 0.15) is 56.8 Å². The lowest BCUT2D eigenvalue weighted by Crippen LogP contribution is -2.42. The summed E-state index contributed by atoms with van der Waals surface area (Å²) >= 11 is 6.01. The second-order valence-corrected chi connectivity index (χ2v) is 10.6. The molecule has 1 saturated heterocycles. The third-order valence-electron chi connectivity index (χ3n) is 7.26. The molecular weight excluding hydrogens is 475 g/mol. The van der Waals surface area contributed by atoms with Crippen LogP contribution in [0.2, 0.25) is 5.02 Å². The van der Waals surface area contributed by atoms with E-state index in [1.54, 1.807) is 12.1 Å². The number of aromatic nitrogens is 2. The molecule has 3 aromatic rings. The van der Waals surface area contributed by atoms with E-state index in [4.69, 9.17) is 16.6 Å². The summed E-state index contributed by atoms with van der Waals surface area (Å²) in [5.74, 6) is 1.49. The van der Waals surface area contributed by atoms with Gasteiger partial charge in [0.25, 0.3) is 5.56 Å². The fraction of sp³-hybridized carbons (Fsp3) is 0.481. The van der Waals surface area contributed by atoms with E-state index >= 15 is 0 Å². The highest BCUT2D eigenvalue weighted by Gasteiger charge is 2.34. The first-order valence-corrected chi connectivity index (χ1v) is 12.7. The zero-order valence-electron chi connectivity index (χ0n) is 19.9. The molecule has 5 rings (SSSR count). The average molecular weight is 504 g/mol.